The molecule has 0 aliphatic heterocycles. The molecule has 18 heavy (non-hydrogen) atoms. The van der Waals surface area contributed by atoms with Crippen LogP contribution in [0.4, 0.5) is 5.69 Å². The van der Waals surface area contributed by atoms with Crippen LogP contribution in [-0.4, -0.2) is 11.7 Å². The van der Waals surface area contributed by atoms with Gasteiger partial charge >= 0.3 is 0 Å². The topological polar surface area (TPSA) is 32.3 Å². The van der Waals surface area contributed by atoms with Crippen LogP contribution in [0.5, 0.6) is 5.75 Å². The molecule has 0 unspecified atom stereocenters. The van der Waals surface area contributed by atoms with E-state index in [1.54, 1.807) is 12.1 Å². The van der Waals surface area contributed by atoms with Gasteiger partial charge in [0.15, 0.2) is 0 Å². The van der Waals surface area contributed by atoms with Crippen LogP contribution < -0.4 is 5.32 Å². The molecule has 0 spiro atoms. The predicted octanol–water partition coefficient (Wildman–Crippen LogP) is 3.75. The highest BCUT2D eigenvalue weighted by Crippen LogP contribution is 2.20. The molecule has 0 radical (unpaired) electrons. The molecule has 0 aliphatic carbocycles. The van der Waals surface area contributed by atoms with Crippen molar-refractivity contribution < 1.29 is 5.11 Å². The Bertz CT molecular complexity index is 494. The van der Waals surface area contributed by atoms with Crippen LogP contribution >= 0.6 is 0 Å². The summed E-state index contributed by atoms with van der Waals surface area (Å²) in [5.74, 6) is 0.322. The Labute approximate surface area is 108 Å². The van der Waals surface area contributed by atoms with Crippen molar-refractivity contribution in [2.24, 2.45) is 0 Å². The van der Waals surface area contributed by atoms with E-state index in [2.05, 4.69) is 29.6 Å². The van der Waals surface area contributed by atoms with Gasteiger partial charge in [0.2, 0.25) is 0 Å². The Hall–Kier alpha value is -1.96. The molecule has 0 fully saturated rings. The molecule has 2 nitrogen and oxygen atoms in total. The van der Waals surface area contributed by atoms with Gasteiger partial charge in [-0.3, -0.25) is 0 Å². The average Bonchev–Trinajstić information content (AvgIpc) is 2.38. The predicted molar refractivity (Wildman–Crippen MR) is 76.1 cm³/mol. The second kappa shape index (κ2) is 6.10. The van der Waals surface area contributed by atoms with Gasteiger partial charge < -0.3 is 10.4 Å². The molecule has 0 heterocycles. The van der Waals surface area contributed by atoms with Crippen molar-refractivity contribution in [3.05, 3.63) is 59.7 Å². The van der Waals surface area contributed by atoms with E-state index in [0.717, 1.165) is 30.6 Å². The van der Waals surface area contributed by atoms with Crippen molar-refractivity contribution >= 4 is 5.69 Å². The van der Waals surface area contributed by atoms with E-state index in [4.69, 9.17) is 0 Å². The van der Waals surface area contributed by atoms with Gasteiger partial charge in [0.05, 0.1) is 0 Å². The van der Waals surface area contributed by atoms with Gasteiger partial charge in [0.1, 0.15) is 5.75 Å². The van der Waals surface area contributed by atoms with Crippen LogP contribution in [-0.2, 0) is 6.42 Å². The minimum Gasteiger partial charge on any atom is -0.508 e. The molecular weight excluding hydrogens is 222 g/mol. The summed E-state index contributed by atoms with van der Waals surface area (Å²) in [5.41, 5.74) is 3.55. The first-order valence-corrected chi connectivity index (χ1v) is 6.33. The SMILES string of the molecule is Cc1cc(O)ccc1NCCCc1ccccc1. The van der Waals surface area contributed by atoms with Gasteiger partial charge in [0.25, 0.3) is 0 Å². The summed E-state index contributed by atoms with van der Waals surface area (Å²) >= 11 is 0. The quantitative estimate of drug-likeness (QED) is 0.617. The fourth-order valence-corrected chi connectivity index (χ4v) is 2.01. The third-order valence-corrected chi connectivity index (χ3v) is 3.01. The lowest BCUT2D eigenvalue weighted by molar-refractivity contribution is 0.475. The van der Waals surface area contributed by atoms with Crippen molar-refractivity contribution in [1.29, 1.82) is 0 Å². The van der Waals surface area contributed by atoms with Crippen molar-refractivity contribution in [3.8, 4) is 5.75 Å². The van der Waals surface area contributed by atoms with Crippen LogP contribution in [0.25, 0.3) is 0 Å². The number of phenols is 1. The smallest absolute Gasteiger partial charge is 0.115 e. The third-order valence-electron chi connectivity index (χ3n) is 3.01. The van der Waals surface area contributed by atoms with Crippen molar-refractivity contribution in [2.75, 3.05) is 11.9 Å². The maximum Gasteiger partial charge on any atom is 0.115 e. The lowest BCUT2D eigenvalue weighted by Crippen LogP contribution is -2.04. The number of aromatic hydroxyl groups is 1. The van der Waals surface area contributed by atoms with Gasteiger partial charge in [-0.05, 0) is 49.1 Å². The first-order valence-electron chi connectivity index (χ1n) is 6.33. The summed E-state index contributed by atoms with van der Waals surface area (Å²) in [5, 5.41) is 12.7. The number of anilines is 1. The molecule has 2 aromatic rings. The van der Waals surface area contributed by atoms with Gasteiger partial charge in [-0.15, -0.1) is 0 Å². The second-order valence-corrected chi connectivity index (χ2v) is 4.52. The van der Waals surface area contributed by atoms with Gasteiger partial charge in [-0.1, -0.05) is 30.3 Å². The highest BCUT2D eigenvalue weighted by Gasteiger charge is 1.98. The Kier molecular flexibility index (Phi) is 4.24. The summed E-state index contributed by atoms with van der Waals surface area (Å²) in [4.78, 5) is 0. The summed E-state index contributed by atoms with van der Waals surface area (Å²) in [6, 6.07) is 15.9. The van der Waals surface area contributed by atoms with Crippen LogP contribution in [0.3, 0.4) is 0 Å². The van der Waals surface area contributed by atoms with Gasteiger partial charge in [-0.2, -0.15) is 0 Å². The monoisotopic (exact) mass is 241 g/mol. The largest absolute Gasteiger partial charge is 0.508 e. The summed E-state index contributed by atoms with van der Waals surface area (Å²) in [7, 11) is 0. The molecule has 2 heteroatoms. The van der Waals surface area contributed by atoms with Crippen molar-refractivity contribution in [2.45, 2.75) is 19.8 Å². The molecule has 2 aromatic carbocycles. The molecule has 0 amide bonds. The first-order chi connectivity index (χ1) is 8.75. The van der Waals surface area contributed by atoms with E-state index in [1.165, 1.54) is 5.56 Å². The summed E-state index contributed by atoms with van der Waals surface area (Å²) < 4.78 is 0. The number of nitrogens with one attached hydrogen (secondary N) is 1. The van der Waals surface area contributed by atoms with Crippen LogP contribution in [0.2, 0.25) is 0 Å². The molecule has 94 valence electrons. The number of hydrogen-bond donors (Lipinski definition) is 2. The molecule has 0 atom stereocenters. The lowest BCUT2D eigenvalue weighted by atomic mass is 10.1. The van der Waals surface area contributed by atoms with Crippen LogP contribution in [0.15, 0.2) is 48.5 Å². The second-order valence-electron chi connectivity index (χ2n) is 4.52. The summed E-state index contributed by atoms with van der Waals surface area (Å²) in [6.45, 7) is 2.94. The van der Waals surface area contributed by atoms with Crippen LogP contribution in [0.1, 0.15) is 17.5 Å². The number of phenolic OH excluding ortho intramolecular Hbond substituents is 1. The highest BCUT2D eigenvalue weighted by atomic mass is 16.3. The number of hydrogen-bond acceptors (Lipinski definition) is 2. The Morgan fingerprint density at radius 3 is 2.56 bits per heavy atom. The standard InChI is InChI=1S/C16H19NO/c1-13-12-15(18)9-10-16(13)17-11-5-8-14-6-3-2-4-7-14/h2-4,6-7,9-10,12,17-18H,5,8,11H2,1H3. The van der Waals surface area contributed by atoms with E-state index in [0.29, 0.717) is 5.75 Å². The number of benzene rings is 2. The van der Waals surface area contributed by atoms with E-state index in [-0.39, 0.29) is 0 Å². The molecular formula is C16H19NO. The zero-order valence-corrected chi connectivity index (χ0v) is 10.7. The molecule has 0 aromatic heterocycles. The number of aryl methyl sites for hydroxylation is 2. The molecule has 2 rings (SSSR count). The number of rotatable bonds is 5. The molecule has 0 aliphatic rings. The van der Waals surface area contributed by atoms with E-state index in [9.17, 15) is 5.11 Å². The minimum atomic E-state index is 0.322. The Morgan fingerprint density at radius 1 is 1.06 bits per heavy atom. The first kappa shape index (κ1) is 12.5. The normalized spacial score (nSPS) is 10.3. The van der Waals surface area contributed by atoms with Crippen molar-refractivity contribution in [1.82, 2.24) is 0 Å². The van der Waals surface area contributed by atoms with Gasteiger partial charge in [0, 0.05) is 12.2 Å². The molecule has 0 saturated carbocycles. The summed E-state index contributed by atoms with van der Waals surface area (Å²) in [6.07, 6.45) is 2.19. The maximum absolute atomic E-state index is 9.33. The lowest BCUT2D eigenvalue weighted by Gasteiger charge is -2.09. The van der Waals surface area contributed by atoms with Crippen molar-refractivity contribution in [3.63, 3.8) is 0 Å². The van der Waals surface area contributed by atoms with Crippen LogP contribution in [0, 0.1) is 6.92 Å². The zero-order chi connectivity index (χ0) is 12.8. The van der Waals surface area contributed by atoms with E-state index < -0.39 is 0 Å². The van der Waals surface area contributed by atoms with Gasteiger partial charge in [-0.25, -0.2) is 0 Å². The highest BCUT2D eigenvalue weighted by molar-refractivity contribution is 5.53. The third kappa shape index (κ3) is 3.52. The molecule has 0 saturated heterocycles. The van der Waals surface area contributed by atoms with E-state index >= 15 is 0 Å². The fourth-order valence-electron chi connectivity index (χ4n) is 2.01. The molecule has 2 N–H and O–H groups in total. The maximum atomic E-state index is 9.33. The van der Waals surface area contributed by atoms with E-state index in [1.807, 2.05) is 19.1 Å². The minimum absolute atomic E-state index is 0.322. The Morgan fingerprint density at radius 2 is 1.83 bits per heavy atom. The average molecular weight is 241 g/mol. The zero-order valence-electron chi connectivity index (χ0n) is 10.7. The molecule has 0 bridgehead atoms. The Balaban J connectivity index is 1.79. The fraction of sp³-hybridized carbons (Fsp3) is 0.250.